The normalized spacial score (nSPS) is 31.3. The van der Waals surface area contributed by atoms with Crippen molar-refractivity contribution in [2.75, 3.05) is 13.1 Å². The largest absolute Gasteiger partial charge is 0.328 e. The number of hydrogen-bond acceptors (Lipinski definition) is 2. The molecule has 0 unspecified atom stereocenters. The van der Waals surface area contributed by atoms with Crippen molar-refractivity contribution >= 4 is 5.91 Å². The van der Waals surface area contributed by atoms with Crippen LogP contribution in [0.25, 0.3) is 0 Å². The number of amides is 1. The van der Waals surface area contributed by atoms with Gasteiger partial charge in [-0.1, -0.05) is 13.8 Å². The Kier molecular flexibility index (Phi) is 3.28. The Morgan fingerprint density at radius 2 is 2.19 bits per heavy atom. The van der Waals surface area contributed by atoms with E-state index >= 15 is 0 Å². The Bertz CT molecular complexity index is 327. The molecule has 2 rings (SSSR count). The molecule has 1 saturated heterocycles. The van der Waals surface area contributed by atoms with Gasteiger partial charge < -0.3 is 5.32 Å². The fourth-order valence-corrected chi connectivity index (χ4v) is 2.62. The van der Waals surface area contributed by atoms with Crippen LogP contribution in [0.4, 0.5) is 4.39 Å². The van der Waals surface area contributed by atoms with Gasteiger partial charge in [0.25, 0.3) is 0 Å². The minimum Gasteiger partial charge on any atom is -0.328 e. The predicted octanol–water partition coefficient (Wildman–Crippen LogP) is 1.60. The molecule has 0 aliphatic carbocycles. The third-order valence-corrected chi connectivity index (χ3v) is 3.53. The van der Waals surface area contributed by atoms with Gasteiger partial charge in [0.15, 0.2) is 0 Å². The predicted molar refractivity (Wildman–Crippen MR) is 60.6 cm³/mol. The molecule has 2 heterocycles. The van der Waals surface area contributed by atoms with Crippen LogP contribution in [-0.2, 0) is 4.79 Å². The molecule has 1 N–H and O–H groups in total. The summed E-state index contributed by atoms with van der Waals surface area (Å²) < 4.78 is 13.3. The summed E-state index contributed by atoms with van der Waals surface area (Å²) in [6, 6.07) is -0.263. The third kappa shape index (κ3) is 1.98. The van der Waals surface area contributed by atoms with Gasteiger partial charge >= 0.3 is 0 Å². The zero-order valence-electron chi connectivity index (χ0n) is 9.92. The third-order valence-electron chi connectivity index (χ3n) is 3.53. The maximum absolute atomic E-state index is 13.3. The molecule has 4 heteroatoms. The van der Waals surface area contributed by atoms with Crippen molar-refractivity contribution in [3.63, 3.8) is 0 Å². The molecule has 0 saturated carbocycles. The molecule has 2 aliphatic rings. The Labute approximate surface area is 95.7 Å². The Hall–Kier alpha value is -0.900. The fourth-order valence-electron chi connectivity index (χ4n) is 2.62. The van der Waals surface area contributed by atoms with E-state index in [0.29, 0.717) is 13.0 Å². The van der Waals surface area contributed by atoms with Crippen LogP contribution in [-0.4, -0.2) is 36.1 Å². The van der Waals surface area contributed by atoms with Crippen molar-refractivity contribution in [2.24, 2.45) is 0 Å². The van der Waals surface area contributed by atoms with Gasteiger partial charge in [-0.25, -0.2) is 4.39 Å². The van der Waals surface area contributed by atoms with E-state index in [4.69, 9.17) is 0 Å². The highest BCUT2D eigenvalue weighted by Crippen LogP contribution is 2.26. The summed E-state index contributed by atoms with van der Waals surface area (Å²) in [5.41, 5.74) is 2.28. The van der Waals surface area contributed by atoms with Crippen LogP contribution in [0.15, 0.2) is 11.3 Å². The van der Waals surface area contributed by atoms with Crippen LogP contribution in [0.5, 0.6) is 0 Å². The van der Waals surface area contributed by atoms with Crippen molar-refractivity contribution in [3.8, 4) is 0 Å². The molecule has 0 aromatic carbocycles. The first-order valence-corrected chi connectivity index (χ1v) is 6.05. The highest BCUT2D eigenvalue weighted by molar-refractivity contribution is 5.84. The van der Waals surface area contributed by atoms with E-state index in [0.717, 1.165) is 25.1 Å². The summed E-state index contributed by atoms with van der Waals surface area (Å²) in [4.78, 5) is 13.9. The molecule has 2 aliphatic heterocycles. The number of alkyl halides is 1. The Morgan fingerprint density at radius 3 is 2.81 bits per heavy atom. The maximum atomic E-state index is 13.3. The van der Waals surface area contributed by atoms with Gasteiger partial charge in [0.2, 0.25) is 5.91 Å². The van der Waals surface area contributed by atoms with Crippen LogP contribution in [0, 0.1) is 0 Å². The number of allylic oxidation sites excluding steroid dienone is 1. The second-order valence-electron chi connectivity index (χ2n) is 4.56. The van der Waals surface area contributed by atoms with Crippen LogP contribution in [0.3, 0.4) is 0 Å². The van der Waals surface area contributed by atoms with Gasteiger partial charge in [0, 0.05) is 25.2 Å². The van der Waals surface area contributed by atoms with Crippen molar-refractivity contribution in [1.29, 1.82) is 0 Å². The van der Waals surface area contributed by atoms with Gasteiger partial charge in [-0.05, 0) is 18.4 Å². The summed E-state index contributed by atoms with van der Waals surface area (Å²) in [6.45, 7) is 5.27. The molecule has 0 aromatic heterocycles. The number of nitrogens with zero attached hydrogens (tertiary/aromatic N) is 1. The molecule has 90 valence electrons. The minimum absolute atomic E-state index is 0.0274. The lowest BCUT2D eigenvalue weighted by Crippen LogP contribution is -2.40. The van der Waals surface area contributed by atoms with Crippen molar-refractivity contribution in [3.05, 3.63) is 11.3 Å². The van der Waals surface area contributed by atoms with Gasteiger partial charge in [-0.3, -0.25) is 9.69 Å². The Balaban J connectivity index is 2.24. The van der Waals surface area contributed by atoms with Gasteiger partial charge in [0.1, 0.15) is 6.17 Å². The lowest BCUT2D eigenvalue weighted by Gasteiger charge is -2.19. The van der Waals surface area contributed by atoms with E-state index < -0.39 is 6.17 Å². The molecule has 1 fully saturated rings. The van der Waals surface area contributed by atoms with E-state index in [9.17, 15) is 9.18 Å². The standard InChI is InChI=1S/C12H19FN2O/c1-3-8-6-15-7-9(13)5-11(15)12(16)14-10(8)4-2/h9,11H,3-7H2,1-2H3,(H,14,16)/t9-,11-/m0/s1. The lowest BCUT2D eigenvalue weighted by molar-refractivity contribution is -0.124. The van der Waals surface area contributed by atoms with Crippen molar-refractivity contribution in [2.45, 2.75) is 45.3 Å². The molecule has 0 spiro atoms. The second kappa shape index (κ2) is 4.53. The number of hydrogen-bond donors (Lipinski definition) is 1. The van der Waals surface area contributed by atoms with E-state index in [1.54, 1.807) is 0 Å². The first-order valence-electron chi connectivity index (χ1n) is 6.05. The highest BCUT2D eigenvalue weighted by atomic mass is 19.1. The SMILES string of the molecule is CCC1=C(CC)NC(=O)[C@@H]2C[C@H](F)CN2C1. The van der Waals surface area contributed by atoms with Crippen LogP contribution in [0.2, 0.25) is 0 Å². The number of rotatable bonds is 2. The van der Waals surface area contributed by atoms with Crippen LogP contribution in [0.1, 0.15) is 33.1 Å². The second-order valence-corrected chi connectivity index (χ2v) is 4.56. The smallest absolute Gasteiger partial charge is 0.241 e. The molecule has 0 aromatic rings. The summed E-state index contributed by atoms with van der Waals surface area (Å²) >= 11 is 0. The monoisotopic (exact) mass is 226 g/mol. The van der Waals surface area contributed by atoms with Gasteiger partial charge in [-0.2, -0.15) is 0 Å². The van der Waals surface area contributed by atoms with E-state index in [-0.39, 0.29) is 11.9 Å². The van der Waals surface area contributed by atoms with Gasteiger partial charge in [-0.15, -0.1) is 0 Å². The highest BCUT2D eigenvalue weighted by Gasteiger charge is 2.39. The number of halogens is 1. The summed E-state index contributed by atoms with van der Waals surface area (Å²) in [7, 11) is 0. The number of nitrogens with one attached hydrogen (secondary N) is 1. The van der Waals surface area contributed by atoms with Crippen molar-refractivity contribution in [1.82, 2.24) is 10.2 Å². The number of carbonyl (C=O) groups is 1. The number of carbonyl (C=O) groups excluding carboxylic acids is 1. The molecular formula is C12H19FN2O. The average Bonchev–Trinajstić information content (AvgIpc) is 2.58. The fraction of sp³-hybridized carbons (Fsp3) is 0.750. The zero-order valence-corrected chi connectivity index (χ0v) is 9.92. The molecular weight excluding hydrogens is 207 g/mol. The van der Waals surface area contributed by atoms with E-state index in [1.807, 2.05) is 11.8 Å². The molecule has 2 atom stereocenters. The average molecular weight is 226 g/mol. The van der Waals surface area contributed by atoms with Crippen LogP contribution < -0.4 is 5.32 Å². The molecule has 1 amide bonds. The summed E-state index contributed by atoms with van der Waals surface area (Å²) in [6.07, 6.45) is 1.26. The molecule has 0 radical (unpaired) electrons. The first kappa shape index (κ1) is 11.6. The van der Waals surface area contributed by atoms with E-state index in [2.05, 4.69) is 12.2 Å². The molecule has 3 nitrogen and oxygen atoms in total. The van der Waals surface area contributed by atoms with Crippen LogP contribution >= 0.6 is 0 Å². The minimum atomic E-state index is -0.850. The zero-order chi connectivity index (χ0) is 11.7. The quantitative estimate of drug-likeness (QED) is 0.775. The summed E-state index contributed by atoms with van der Waals surface area (Å²) in [5, 5.41) is 2.95. The Morgan fingerprint density at radius 1 is 1.44 bits per heavy atom. The number of fused-ring (bicyclic) bond motifs is 1. The summed E-state index contributed by atoms with van der Waals surface area (Å²) in [5.74, 6) is -0.0274. The lowest BCUT2D eigenvalue weighted by atomic mass is 10.1. The topological polar surface area (TPSA) is 32.3 Å². The first-order chi connectivity index (χ1) is 7.65. The van der Waals surface area contributed by atoms with Gasteiger partial charge in [0.05, 0.1) is 6.04 Å². The molecule has 0 bridgehead atoms. The van der Waals surface area contributed by atoms with E-state index in [1.165, 1.54) is 5.57 Å². The maximum Gasteiger partial charge on any atom is 0.241 e. The molecule has 16 heavy (non-hydrogen) atoms. The van der Waals surface area contributed by atoms with Crippen molar-refractivity contribution < 1.29 is 9.18 Å².